The summed E-state index contributed by atoms with van der Waals surface area (Å²) in [5.74, 6) is -0.237. The normalized spacial score (nSPS) is 23.1. The van der Waals surface area contributed by atoms with Crippen molar-refractivity contribution in [3.05, 3.63) is 57.9 Å². The van der Waals surface area contributed by atoms with E-state index >= 15 is 0 Å². The Labute approximate surface area is 156 Å². The first kappa shape index (κ1) is 18.0. The molecule has 1 N–H and O–H groups in total. The summed E-state index contributed by atoms with van der Waals surface area (Å²) in [6.45, 7) is 4.68. The minimum absolute atomic E-state index is 0.170. The molecule has 3 heterocycles. The molecule has 2 fully saturated rings. The van der Waals surface area contributed by atoms with Crippen LogP contribution < -0.4 is 15.4 Å². The molecule has 0 unspecified atom stereocenters. The van der Waals surface area contributed by atoms with Gasteiger partial charge in [0, 0.05) is 42.5 Å². The summed E-state index contributed by atoms with van der Waals surface area (Å²) in [6, 6.07) is 6.93. The molecule has 144 valence electrons. The molecule has 5 nitrogen and oxygen atoms in total. The summed E-state index contributed by atoms with van der Waals surface area (Å²) >= 11 is 0. The molecular formula is C20H23F2N3O2. The number of morpholine rings is 1. The van der Waals surface area contributed by atoms with Crippen molar-refractivity contribution in [3.63, 3.8) is 0 Å². The van der Waals surface area contributed by atoms with Crippen molar-refractivity contribution in [2.45, 2.75) is 31.8 Å². The standard InChI is InChI=1S/C20H23F2N3O2/c1-13-12-27-8-7-24(13)15-10-19(23-20(26)11-15)25-6-2-3-18(25)16-9-14(21)4-5-17(16)22/h4-5,9-11,13,18H,2-3,6-8,12H2,1H3,(H,23,26)/t13-,18-/m1/s1. The van der Waals surface area contributed by atoms with E-state index in [1.165, 1.54) is 6.07 Å². The van der Waals surface area contributed by atoms with E-state index in [9.17, 15) is 13.6 Å². The smallest absolute Gasteiger partial charge is 0.251 e. The fourth-order valence-corrected chi connectivity index (χ4v) is 4.09. The second-order valence-corrected chi connectivity index (χ2v) is 7.22. The van der Waals surface area contributed by atoms with Crippen LogP contribution in [0.15, 0.2) is 35.1 Å². The average Bonchev–Trinajstić information content (AvgIpc) is 3.13. The quantitative estimate of drug-likeness (QED) is 0.895. The number of aromatic amines is 1. The van der Waals surface area contributed by atoms with Crippen molar-refractivity contribution < 1.29 is 13.5 Å². The number of pyridine rings is 1. The third kappa shape index (κ3) is 3.56. The number of nitrogens with one attached hydrogen (secondary N) is 1. The van der Waals surface area contributed by atoms with Crippen LogP contribution in [0.3, 0.4) is 0 Å². The molecule has 1 aromatic heterocycles. The number of rotatable bonds is 3. The maximum absolute atomic E-state index is 14.3. The van der Waals surface area contributed by atoms with E-state index in [0.29, 0.717) is 44.1 Å². The summed E-state index contributed by atoms with van der Waals surface area (Å²) in [5.41, 5.74) is 0.958. The zero-order chi connectivity index (χ0) is 19.0. The predicted octanol–water partition coefficient (Wildman–Crippen LogP) is 3.22. The Morgan fingerprint density at radius 2 is 2.00 bits per heavy atom. The summed E-state index contributed by atoms with van der Waals surface area (Å²) < 4.78 is 33.5. The lowest BCUT2D eigenvalue weighted by atomic mass is 10.0. The van der Waals surface area contributed by atoms with Crippen LogP contribution in [0, 0.1) is 11.6 Å². The van der Waals surface area contributed by atoms with Gasteiger partial charge in [-0.3, -0.25) is 4.79 Å². The molecule has 27 heavy (non-hydrogen) atoms. The van der Waals surface area contributed by atoms with Crippen LogP contribution in [0.5, 0.6) is 0 Å². The van der Waals surface area contributed by atoms with E-state index in [-0.39, 0.29) is 17.6 Å². The molecule has 0 amide bonds. The molecule has 7 heteroatoms. The molecule has 4 rings (SSSR count). The number of anilines is 2. The first-order valence-corrected chi connectivity index (χ1v) is 9.33. The van der Waals surface area contributed by atoms with Crippen molar-refractivity contribution in [1.82, 2.24) is 4.98 Å². The first-order valence-electron chi connectivity index (χ1n) is 9.33. The number of H-pyrrole nitrogens is 1. The highest BCUT2D eigenvalue weighted by Gasteiger charge is 2.30. The lowest BCUT2D eigenvalue weighted by Crippen LogP contribution is -2.44. The van der Waals surface area contributed by atoms with E-state index in [1.54, 1.807) is 6.07 Å². The Morgan fingerprint density at radius 1 is 1.15 bits per heavy atom. The Morgan fingerprint density at radius 3 is 2.81 bits per heavy atom. The highest BCUT2D eigenvalue weighted by molar-refractivity contribution is 5.57. The fraction of sp³-hybridized carbons (Fsp3) is 0.450. The van der Waals surface area contributed by atoms with Gasteiger partial charge < -0.3 is 19.5 Å². The van der Waals surface area contributed by atoms with Gasteiger partial charge in [-0.05, 0) is 38.0 Å². The molecule has 0 bridgehead atoms. The van der Waals surface area contributed by atoms with Gasteiger partial charge in [-0.2, -0.15) is 0 Å². The largest absolute Gasteiger partial charge is 0.377 e. The van der Waals surface area contributed by atoms with Crippen LogP contribution in [-0.4, -0.2) is 37.3 Å². The van der Waals surface area contributed by atoms with Crippen LogP contribution in [0.2, 0.25) is 0 Å². The summed E-state index contributed by atoms with van der Waals surface area (Å²) in [7, 11) is 0. The number of nitrogens with zero attached hydrogens (tertiary/aromatic N) is 2. The fourth-order valence-electron chi connectivity index (χ4n) is 4.09. The van der Waals surface area contributed by atoms with Gasteiger partial charge in [-0.25, -0.2) is 8.78 Å². The van der Waals surface area contributed by atoms with E-state index in [4.69, 9.17) is 4.74 Å². The van der Waals surface area contributed by atoms with Gasteiger partial charge >= 0.3 is 0 Å². The minimum Gasteiger partial charge on any atom is -0.377 e. The van der Waals surface area contributed by atoms with Gasteiger partial charge in [0.15, 0.2) is 0 Å². The van der Waals surface area contributed by atoms with Crippen molar-refractivity contribution in [3.8, 4) is 0 Å². The topological polar surface area (TPSA) is 48.6 Å². The van der Waals surface area contributed by atoms with Gasteiger partial charge in [-0.1, -0.05) is 0 Å². The van der Waals surface area contributed by atoms with E-state index in [0.717, 1.165) is 24.2 Å². The zero-order valence-electron chi connectivity index (χ0n) is 15.3. The van der Waals surface area contributed by atoms with Gasteiger partial charge in [0.25, 0.3) is 5.56 Å². The van der Waals surface area contributed by atoms with Gasteiger partial charge in [0.05, 0.1) is 19.3 Å². The molecule has 0 aliphatic carbocycles. The Kier molecular flexibility index (Phi) is 4.86. The molecular weight excluding hydrogens is 352 g/mol. The molecule has 1 aromatic carbocycles. The zero-order valence-corrected chi connectivity index (χ0v) is 15.3. The van der Waals surface area contributed by atoms with Crippen molar-refractivity contribution in [1.29, 1.82) is 0 Å². The monoisotopic (exact) mass is 375 g/mol. The minimum atomic E-state index is -0.456. The van der Waals surface area contributed by atoms with E-state index in [2.05, 4.69) is 16.8 Å². The summed E-state index contributed by atoms with van der Waals surface area (Å²) in [6.07, 6.45) is 1.56. The number of halogens is 2. The third-order valence-corrected chi connectivity index (χ3v) is 5.39. The predicted molar refractivity (Wildman–Crippen MR) is 100 cm³/mol. The molecule has 0 spiro atoms. The third-order valence-electron chi connectivity index (χ3n) is 5.39. The van der Waals surface area contributed by atoms with Crippen molar-refractivity contribution in [2.24, 2.45) is 0 Å². The molecule has 2 atom stereocenters. The molecule has 2 aliphatic rings. The first-order chi connectivity index (χ1) is 13.0. The maximum atomic E-state index is 14.3. The van der Waals surface area contributed by atoms with E-state index < -0.39 is 11.6 Å². The number of hydrogen-bond donors (Lipinski definition) is 1. The number of ether oxygens (including phenoxy) is 1. The summed E-state index contributed by atoms with van der Waals surface area (Å²) in [5, 5.41) is 0. The molecule has 2 aliphatic heterocycles. The Bertz CT molecular complexity index is 886. The highest BCUT2D eigenvalue weighted by atomic mass is 19.1. The molecule has 2 saturated heterocycles. The molecule has 0 radical (unpaired) electrons. The van der Waals surface area contributed by atoms with Gasteiger partial charge in [0.2, 0.25) is 0 Å². The van der Waals surface area contributed by atoms with Crippen LogP contribution in [0.4, 0.5) is 20.3 Å². The van der Waals surface area contributed by atoms with E-state index in [1.807, 2.05) is 11.0 Å². The van der Waals surface area contributed by atoms with Crippen molar-refractivity contribution in [2.75, 3.05) is 36.1 Å². The second-order valence-electron chi connectivity index (χ2n) is 7.22. The SMILES string of the molecule is C[C@@H]1COCCN1c1cc(N2CCC[C@@H]2c2cc(F)ccc2F)[nH]c(=O)c1. The number of hydrogen-bond acceptors (Lipinski definition) is 4. The molecule has 0 saturated carbocycles. The lowest BCUT2D eigenvalue weighted by molar-refractivity contribution is 0.0989. The van der Waals surface area contributed by atoms with Crippen LogP contribution in [0.25, 0.3) is 0 Å². The molecule has 2 aromatic rings. The van der Waals surface area contributed by atoms with Crippen LogP contribution in [0.1, 0.15) is 31.4 Å². The van der Waals surface area contributed by atoms with Crippen LogP contribution in [-0.2, 0) is 4.74 Å². The Balaban J connectivity index is 1.69. The lowest BCUT2D eigenvalue weighted by Gasteiger charge is -2.36. The average molecular weight is 375 g/mol. The Hall–Kier alpha value is -2.41. The number of benzene rings is 1. The maximum Gasteiger partial charge on any atom is 0.251 e. The summed E-state index contributed by atoms with van der Waals surface area (Å²) in [4.78, 5) is 19.3. The van der Waals surface area contributed by atoms with Gasteiger partial charge in [-0.15, -0.1) is 0 Å². The second kappa shape index (κ2) is 7.31. The van der Waals surface area contributed by atoms with Crippen molar-refractivity contribution >= 4 is 11.5 Å². The van der Waals surface area contributed by atoms with Crippen LogP contribution >= 0.6 is 0 Å². The number of aromatic nitrogens is 1. The highest BCUT2D eigenvalue weighted by Crippen LogP contribution is 2.37. The van der Waals surface area contributed by atoms with Gasteiger partial charge in [0.1, 0.15) is 17.5 Å².